The fourth-order valence-corrected chi connectivity index (χ4v) is 1.25. The molecule has 7 nitrogen and oxygen atoms in total. The number of benzene rings is 1. The molecule has 0 amide bonds. The highest BCUT2D eigenvalue weighted by Crippen LogP contribution is 2.02. The van der Waals surface area contributed by atoms with Crippen molar-refractivity contribution in [2.45, 2.75) is 0 Å². The zero-order valence-electron chi connectivity index (χ0n) is 8.49. The lowest BCUT2D eigenvalue weighted by Gasteiger charge is -2.03. The lowest BCUT2D eigenvalue weighted by atomic mass is 10.3. The van der Waals surface area contributed by atoms with Gasteiger partial charge in [-0.25, -0.2) is 4.79 Å². The Balaban J connectivity index is 2.63. The second-order valence-corrected chi connectivity index (χ2v) is 3.03. The van der Waals surface area contributed by atoms with Crippen molar-refractivity contribution in [1.29, 1.82) is 0 Å². The van der Waals surface area contributed by atoms with Crippen LogP contribution in [0.4, 0.5) is 0 Å². The highest BCUT2D eigenvalue weighted by molar-refractivity contribution is 5.42. The van der Waals surface area contributed by atoms with Gasteiger partial charge in [-0.15, -0.1) is 5.10 Å². The van der Waals surface area contributed by atoms with Crippen LogP contribution >= 0.6 is 0 Å². The third-order valence-corrected chi connectivity index (χ3v) is 1.96. The van der Waals surface area contributed by atoms with Gasteiger partial charge in [0.2, 0.25) is 0 Å². The van der Waals surface area contributed by atoms with Gasteiger partial charge >= 0.3 is 17.1 Å². The molecule has 7 heteroatoms. The molecule has 0 saturated carbocycles. The number of aromatic nitrogens is 3. The van der Waals surface area contributed by atoms with Crippen molar-refractivity contribution in [3.63, 3.8) is 0 Å². The number of carbonyl (C=O) groups is 1. The van der Waals surface area contributed by atoms with Crippen molar-refractivity contribution in [3.8, 4) is 11.6 Å². The lowest BCUT2D eigenvalue weighted by Crippen LogP contribution is -2.32. The van der Waals surface area contributed by atoms with Gasteiger partial charge in [0.1, 0.15) is 0 Å². The zero-order valence-corrected chi connectivity index (χ0v) is 8.49. The number of H-pyrrole nitrogens is 1. The van der Waals surface area contributed by atoms with Gasteiger partial charge in [-0.05, 0) is 12.1 Å². The van der Waals surface area contributed by atoms with Gasteiger partial charge in [0.05, 0.1) is 5.69 Å². The van der Waals surface area contributed by atoms with Crippen molar-refractivity contribution in [1.82, 2.24) is 14.8 Å². The van der Waals surface area contributed by atoms with Crippen LogP contribution in [0, 0.1) is 0 Å². The van der Waals surface area contributed by atoms with E-state index < -0.39 is 17.1 Å². The molecule has 86 valence electrons. The number of ether oxygens (including phenoxy) is 1. The summed E-state index contributed by atoms with van der Waals surface area (Å²) in [6.07, 6.45) is 0. The molecule has 0 radical (unpaired) electrons. The Morgan fingerprint density at radius 2 is 1.94 bits per heavy atom. The maximum Gasteiger partial charge on any atom is 0.349 e. The quantitative estimate of drug-likeness (QED) is 0.718. The van der Waals surface area contributed by atoms with Crippen LogP contribution in [0.15, 0.2) is 39.9 Å². The van der Waals surface area contributed by atoms with Gasteiger partial charge in [-0.2, -0.15) is 4.68 Å². The molecule has 0 aliphatic heterocycles. The highest BCUT2D eigenvalue weighted by Gasteiger charge is 2.08. The molecule has 1 heterocycles. The fourth-order valence-electron chi connectivity index (χ4n) is 1.25. The number of nitrogens with one attached hydrogen (secondary N) is 1. The van der Waals surface area contributed by atoms with Gasteiger partial charge in [-0.3, -0.25) is 14.6 Å². The summed E-state index contributed by atoms with van der Waals surface area (Å²) >= 11 is 0. The molecule has 1 aromatic carbocycles. The van der Waals surface area contributed by atoms with Gasteiger partial charge < -0.3 is 4.74 Å². The average Bonchev–Trinajstić information content (AvgIpc) is 2.34. The summed E-state index contributed by atoms with van der Waals surface area (Å²) in [6.45, 7) is 0.0668. The van der Waals surface area contributed by atoms with E-state index in [9.17, 15) is 14.4 Å². The minimum absolute atomic E-state index is 0.0668. The van der Waals surface area contributed by atoms with Crippen molar-refractivity contribution in [2.24, 2.45) is 0 Å². The number of nitrogens with zero attached hydrogens (tertiary/aromatic N) is 2. The largest absolute Gasteiger partial charge is 0.403 e. The molecule has 0 fully saturated rings. The van der Waals surface area contributed by atoms with Crippen LogP contribution in [-0.2, 0) is 4.79 Å². The Kier molecular flexibility index (Phi) is 2.82. The summed E-state index contributed by atoms with van der Waals surface area (Å²) in [5, 5.41) is 3.64. The van der Waals surface area contributed by atoms with E-state index in [0.717, 1.165) is 4.68 Å². The topological polar surface area (TPSA) is 94.0 Å². The predicted octanol–water partition coefficient (Wildman–Crippen LogP) is -0.544. The van der Waals surface area contributed by atoms with E-state index in [-0.39, 0.29) is 6.47 Å². The number of hydrogen-bond acceptors (Lipinski definition) is 5. The minimum Gasteiger partial charge on any atom is -0.403 e. The predicted molar refractivity (Wildman–Crippen MR) is 57.1 cm³/mol. The van der Waals surface area contributed by atoms with E-state index in [0.29, 0.717) is 5.69 Å². The monoisotopic (exact) mass is 233 g/mol. The molecule has 1 aromatic heterocycles. The molecule has 0 unspecified atom stereocenters. The van der Waals surface area contributed by atoms with E-state index in [1.807, 2.05) is 4.98 Å². The number of carbonyl (C=O) groups excluding carboxylic acids is 1. The normalized spacial score (nSPS) is 9.88. The summed E-state index contributed by atoms with van der Waals surface area (Å²) in [5.41, 5.74) is -1.11. The van der Waals surface area contributed by atoms with Crippen LogP contribution in [0.5, 0.6) is 5.88 Å². The van der Waals surface area contributed by atoms with Crippen LogP contribution in [0.3, 0.4) is 0 Å². The number of hydrogen-bond donors (Lipinski definition) is 1. The van der Waals surface area contributed by atoms with Gasteiger partial charge in [0.15, 0.2) is 0 Å². The van der Waals surface area contributed by atoms with Crippen LogP contribution < -0.4 is 16.0 Å². The number of aromatic amines is 1. The summed E-state index contributed by atoms with van der Waals surface area (Å²) in [7, 11) is 0. The van der Waals surface area contributed by atoms with Gasteiger partial charge in [0.25, 0.3) is 6.47 Å². The molecule has 2 aromatic rings. The molecule has 0 spiro atoms. The molecule has 0 atom stereocenters. The smallest absolute Gasteiger partial charge is 0.349 e. The minimum atomic E-state index is -0.853. The maximum atomic E-state index is 11.5. The zero-order chi connectivity index (χ0) is 12.3. The summed E-state index contributed by atoms with van der Waals surface area (Å²) in [5.74, 6) is -0.483. The van der Waals surface area contributed by atoms with Crippen LogP contribution in [-0.4, -0.2) is 21.2 Å². The summed E-state index contributed by atoms with van der Waals surface area (Å²) in [4.78, 5) is 34.8. The van der Waals surface area contributed by atoms with E-state index >= 15 is 0 Å². The first-order chi connectivity index (χ1) is 8.22. The Labute approximate surface area is 94.3 Å². The number of para-hydroxylation sites is 1. The Hall–Kier alpha value is -2.70. The molecule has 17 heavy (non-hydrogen) atoms. The fraction of sp³-hybridized carbons (Fsp3) is 0. The average molecular weight is 233 g/mol. The van der Waals surface area contributed by atoms with E-state index in [1.165, 1.54) is 0 Å². The molecular weight excluding hydrogens is 226 g/mol. The molecule has 1 N–H and O–H groups in total. The third kappa shape index (κ3) is 2.12. The second-order valence-electron chi connectivity index (χ2n) is 3.03. The van der Waals surface area contributed by atoms with Crippen molar-refractivity contribution in [3.05, 3.63) is 51.2 Å². The Bertz CT molecular complexity index is 645. The van der Waals surface area contributed by atoms with Crippen LogP contribution in [0.25, 0.3) is 5.69 Å². The SMILES string of the molecule is O=COc1nn(-c2ccccc2)c(=O)[nH]c1=O. The summed E-state index contributed by atoms with van der Waals surface area (Å²) in [6, 6.07) is 8.42. The van der Waals surface area contributed by atoms with Crippen molar-refractivity contribution < 1.29 is 9.53 Å². The molecule has 0 aliphatic rings. The molecule has 0 bridgehead atoms. The van der Waals surface area contributed by atoms with E-state index in [1.54, 1.807) is 30.3 Å². The molecule has 2 rings (SSSR count). The third-order valence-electron chi connectivity index (χ3n) is 1.96. The molecule has 0 saturated heterocycles. The Morgan fingerprint density at radius 3 is 2.59 bits per heavy atom. The van der Waals surface area contributed by atoms with Crippen molar-refractivity contribution >= 4 is 6.47 Å². The first kappa shape index (κ1) is 10.8. The van der Waals surface area contributed by atoms with Gasteiger partial charge in [0, 0.05) is 0 Å². The highest BCUT2D eigenvalue weighted by atomic mass is 16.5. The van der Waals surface area contributed by atoms with E-state index in [4.69, 9.17) is 0 Å². The first-order valence-corrected chi connectivity index (χ1v) is 4.62. The standard InChI is InChI=1S/C10H7N3O4/c14-6-17-9-8(15)11-10(16)13(12-9)7-4-2-1-3-5-7/h1-6H,(H,11,15,16). The van der Waals surface area contributed by atoms with E-state index in [2.05, 4.69) is 9.84 Å². The molecule has 0 aliphatic carbocycles. The lowest BCUT2D eigenvalue weighted by molar-refractivity contribution is -0.121. The Morgan fingerprint density at radius 1 is 1.24 bits per heavy atom. The molecular formula is C10H7N3O4. The van der Waals surface area contributed by atoms with Crippen LogP contribution in [0.2, 0.25) is 0 Å². The van der Waals surface area contributed by atoms with Gasteiger partial charge in [-0.1, -0.05) is 18.2 Å². The summed E-state index contributed by atoms with van der Waals surface area (Å²) < 4.78 is 5.29. The second kappa shape index (κ2) is 4.44. The van der Waals surface area contributed by atoms with Crippen molar-refractivity contribution in [2.75, 3.05) is 0 Å². The maximum absolute atomic E-state index is 11.5. The number of rotatable bonds is 3. The first-order valence-electron chi connectivity index (χ1n) is 4.62. The van der Waals surface area contributed by atoms with Crippen LogP contribution in [0.1, 0.15) is 0 Å².